The van der Waals surface area contributed by atoms with E-state index in [1.165, 1.54) is 0 Å². The highest BCUT2D eigenvalue weighted by Crippen LogP contribution is 2.30. The standard InChI is InChI=1S/C21H25IO4/c1-15-14-17(24-20(23)26-21(2,3)4)10-11-18(15)25-19(12-13-22)16-8-6-5-7-9-16/h5-11,14,19H,12-13H2,1-4H3/t19-/m1/s1/i19+2. The Labute approximate surface area is 169 Å². The van der Waals surface area contributed by atoms with Crippen molar-refractivity contribution in [1.82, 2.24) is 0 Å². The summed E-state index contributed by atoms with van der Waals surface area (Å²) in [5, 5.41) is 0. The number of hydrogen-bond acceptors (Lipinski definition) is 4. The van der Waals surface area contributed by atoms with Crippen molar-refractivity contribution in [1.29, 1.82) is 0 Å². The fraction of sp³-hybridized carbons (Fsp3) is 0.381. The van der Waals surface area contributed by atoms with E-state index in [4.69, 9.17) is 14.2 Å². The van der Waals surface area contributed by atoms with Crippen molar-refractivity contribution in [2.45, 2.75) is 45.8 Å². The Morgan fingerprint density at radius 3 is 2.38 bits per heavy atom. The molecule has 1 atom stereocenters. The summed E-state index contributed by atoms with van der Waals surface area (Å²) in [6.07, 6.45) is 0.197. The van der Waals surface area contributed by atoms with Gasteiger partial charge in [0.25, 0.3) is 0 Å². The van der Waals surface area contributed by atoms with Crippen molar-refractivity contribution >= 4 is 28.7 Å². The first-order chi connectivity index (χ1) is 12.3. The maximum absolute atomic E-state index is 11.8. The van der Waals surface area contributed by atoms with Gasteiger partial charge in [-0.3, -0.25) is 0 Å². The molecule has 2 rings (SSSR count). The van der Waals surface area contributed by atoms with Crippen LogP contribution in [0.2, 0.25) is 0 Å². The van der Waals surface area contributed by atoms with Gasteiger partial charge in [-0.1, -0.05) is 52.9 Å². The van der Waals surface area contributed by atoms with Crippen molar-refractivity contribution in [3.05, 3.63) is 59.7 Å². The van der Waals surface area contributed by atoms with Crippen LogP contribution in [0.3, 0.4) is 0 Å². The van der Waals surface area contributed by atoms with Gasteiger partial charge in [0.05, 0.1) is 0 Å². The molecule has 0 saturated carbocycles. The van der Waals surface area contributed by atoms with Crippen LogP contribution in [0.4, 0.5) is 4.79 Å². The molecule has 140 valence electrons. The summed E-state index contributed by atoms with van der Waals surface area (Å²) in [7, 11) is 0. The highest BCUT2D eigenvalue weighted by Gasteiger charge is 2.19. The summed E-state index contributed by atoms with van der Waals surface area (Å²) in [6.45, 7) is 7.33. The largest absolute Gasteiger partial charge is 0.514 e. The molecule has 0 radical (unpaired) electrons. The zero-order chi connectivity index (χ0) is 19.2. The second-order valence-corrected chi connectivity index (χ2v) is 8.07. The third kappa shape index (κ3) is 6.52. The van der Waals surface area contributed by atoms with Crippen LogP contribution in [0, 0.1) is 6.92 Å². The molecule has 0 unspecified atom stereocenters. The molecule has 0 amide bonds. The molecule has 0 heterocycles. The lowest BCUT2D eigenvalue weighted by molar-refractivity contribution is 0.0206. The first kappa shape index (κ1) is 20.6. The summed E-state index contributed by atoms with van der Waals surface area (Å²) in [6, 6.07) is 15.5. The normalized spacial score (nSPS) is 12.3. The lowest BCUT2D eigenvalue weighted by atomic mass is 10.2. The first-order valence-electron chi connectivity index (χ1n) is 8.57. The minimum Gasteiger partial charge on any atom is -0.485 e. The SMILES string of the molecule is Cc1cc(OC(=O)OC(C)(C)C)ccc1O[14C@H](CCI)c1ccccc1. The molecule has 4 nitrogen and oxygen atoms in total. The van der Waals surface area contributed by atoms with Gasteiger partial charge in [0.1, 0.15) is 23.2 Å². The van der Waals surface area contributed by atoms with E-state index in [9.17, 15) is 4.79 Å². The Kier molecular flexibility index (Phi) is 7.32. The Balaban J connectivity index is 2.09. The van der Waals surface area contributed by atoms with Crippen LogP contribution in [-0.2, 0) is 4.74 Å². The van der Waals surface area contributed by atoms with Gasteiger partial charge in [0.2, 0.25) is 0 Å². The fourth-order valence-electron chi connectivity index (χ4n) is 2.40. The van der Waals surface area contributed by atoms with Crippen LogP contribution >= 0.6 is 22.6 Å². The Bertz CT molecular complexity index is 723. The van der Waals surface area contributed by atoms with Crippen LogP contribution < -0.4 is 9.47 Å². The number of alkyl halides is 1. The van der Waals surface area contributed by atoms with E-state index < -0.39 is 11.8 Å². The van der Waals surface area contributed by atoms with Gasteiger partial charge in [0.15, 0.2) is 0 Å². The maximum Gasteiger partial charge on any atom is 0.514 e. The molecule has 26 heavy (non-hydrogen) atoms. The van der Waals surface area contributed by atoms with Gasteiger partial charge in [0, 0.05) is 4.43 Å². The Hall–Kier alpha value is -1.76. The number of hydrogen-bond donors (Lipinski definition) is 0. The number of halogens is 1. The fourth-order valence-corrected chi connectivity index (χ4v) is 2.96. The first-order valence-corrected chi connectivity index (χ1v) is 10.1. The third-order valence-electron chi connectivity index (χ3n) is 3.55. The molecular weight excluding hydrogens is 445 g/mol. The van der Waals surface area contributed by atoms with Crippen molar-refractivity contribution in [3.8, 4) is 11.5 Å². The predicted molar refractivity (Wildman–Crippen MR) is 111 cm³/mol. The lowest BCUT2D eigenvalue weighted by Crippen LogP contribution is -2.26. The highest BCUT2D eigenvalue weighted by molar-refractivity contribution is 14.1. The number of carbonyl (C=O) groups is 1. The number of ether oxygens (including phenoxy) is 3. The van der Waals surface area contributed by atoms with Crippen molar-refractivity contribution < 1.29 is 19.0 Å². The van der Waals surface area contributed by atoms with Crippen LogP contribution in [0.1, 0.15) is 44.4 Å². The number of benzene rings is 2. The topological polar surface area (TPSA) is 44.8 Å². The zero-order valence-corrected chi connectivity index (χ0v) is 17.8. The summed E-state index contributed by atoms with van der Waals surface area (Å²) < 4.78 is 17.7. The summed E-state index contributed by atoms with van der Waals surface area (Å²) >= 11 is 2.36. The van der Waals surface area contributed by atoms with E-state index in [0.29, 0.717) is 5.75 Å². The predicted octanol–water partition coefficient (Wildman–Crippen LogP) is 6.25. The van der Waals surface area contributed by atoms with Gasteiger partial charge < -0.3 is 14.2 Å². The van der Waals surface area contributed by atoms with Gasteiger partial charge in [-0.15, -0.1) is 0 Å². The summed E-state index contributed by atoms with van der Waals surface area (Å²) in [5.74, 6) is 1.22. The van der Waals surface area contributed by atoms with Crippen molar-refractivity contribution in [2.75, 3.05) is 4.43 Å². The zero-order valence-electron chi connectivity index (χ0n) is 15.6. The second-order valence-electron chi connectivity index (χ2n) is 6.99. The molecule has 0 aliphatic carbocycles. The maximum atomic E-state index is 11.8. The Morgan fingerprint density at radius 2 is 1.81 bits per heavy atom. The minimum absolute atomic E-state index is 0.00979. The average Bonchev–Trinajstić information content (AvgIpc) is 2.55. The van der Waals surface area contributed by atoms with Gasteiger partial charge in [-0.2, -0.15) is 0 Å². The van der Waals surface area contributed by atoms with E-state index in [1.54, 1.807) is 32.9 Å². The minimum atomic E-state index is -0.711. The average molecular weight is 470 g/mol. The molecule has 2 aromatic rings. The number of carbonyl (C=O) groups excluding carboxylic acids is 1. The van der Waals surface area contributed by atoms with E-state index in [0.717, 1.165) is 27.7 Å². The molecule has 2 aromatic carbocycles. The smallest absolute Gasteiger partial charge is 0.485 e. The molecule has 0 spiro atoms. The molecular formula is C21H25IO4. The Morgan fingerprint density at radius 1 is 1.12 bits per heavy atom. The monoisotopic (exact) mass is 470 g/mol. The van der Waals surface area contributed by atoms with Crippen LogP contribution in [0.25, 0.3) is 0 Å². The number of aryl methyl sites for hydroxylation is 1. The molecule has 0 bridgehead atoms. The molecule has 0 N–H and O–H groups in total. The summed E-state index contributed by atoms with van der Waals surface area (Å²) in [4.78, 5) is 11.8. The van der Waals surface area contributed by atoms with Crippen LogP contribution in [0.15, 0.2) is 48.5 Å². The lowest BCUT2D eigenvalue weighted by Gasteiger charge is -2.21. The number of rotatable bonds is 6. The van der Waals surface area contributed by atoms with E-state index in [1.807, 2.05) is 31.2 Å². The molecule has 0 aliphatic rings. The van der Waals surface area contributed by atoms with E-state index in [-0.39, 0.29) is 6.10 Å². The molecule has 5 heteroatoms. The van der Waals surface area contributed by atoms with Gasteiger partial charge in [-0.05, 0) is 63.4 Å². The van der Waals surface area contributed by atoms with Crippen LogP contribution in [-0.4, -0.2) is 16.2 Å². The molecule has 0 aliphatic heterocycles. The molecule has 0 saturated heterocycles. The molecule has 0 aromatic heterocycles. The van der Waals surface area contributed by atoms with Gasteiger partial charge in [-0.25, -0.2) is 4.79 Å². The summed E-state index contributed by atoms with van der Waals surface area (Å²) in [5.41, 5.74) is 1.47. The van der Waals surface area contributed by atoms with Crippen molar-refractivity contribution in [3.63, 3.8) is 0 Å². The highest BCUT2D eigenvalue weighted by atomic mass is 127. The van der Waals surface area contributed by atoms with Crippen LogP contribution in [0.5, 0.6) is 11.5 Å². The molecule has 0 fully saturated rings. The van der Waals surface area contributed by atoms with Gasteiger partial charge >= 0.3 is 6.16 Å². The second kappa shape index (κ2) is 9.26. The van der Waals surface area contributed by atoms with E-state index in [2.05, 4.69) is 34.7 Å². The van der Waals surface area contributed by atoms with Crippen molar-refractivity contribution in [2.24, 2.45) is 0 Å². The third-order valence-corrected chi connectivity index (χ3v) is 4.17. The van der Waals surface area contributed by atoms with E-state index >= 15 is 0 Å². The quantitative estimate of drug-likeness (QED) is 0.217.